The Labute approximate surface area is 202 Å². The van der Waals surface area contributed by atoms with Crippen molar-refractivity contribution in [1.29, 1.82) is 0 Å². The molecule has 2 aromatic carbocycles. The van der Waals surface area contributed by atoms with Crippen LogP contribution in [-0.2, 0) is 16.1 Å². The van der Waals surface area contributed by atoms with Crippen LogP contribution in [-0.4, -0.2) is 67.0 Å². The summed E-state index contributed by atoms with van der Waals surface area (Å²) in [5.41, 5.74) is 1.20. The third-order valence-electron chi connectivity index (χ3n) is 6.08. The first-order chi connectivity index (χ1) is 16.4. The highest BCUT2D eigenvalue weighted by Gasteiger charge is 2.47. The fourth-order valence-electron chi connectivity index (χ4n) is 4.38. The zero-order valence-electron chi connectivity index (χ0n) is 19.0. The van der Waals surface area contributed by atoms with Crippen molar-refractivity contribution >= 4 is 35.1 Å². The topological polar surface area (TPSA) is 100 Å². The number of ether oxygens (including phenoxy) is 2. The standard InChI is InChI=1S/C24H27ClN4O5/c1-33-17-9-10-20(34-2)18(12-17)27-21(30)14-28-19-4-3-11-26-22(19)23(31)29(24(28)32)13-15-5-7-16(25)8-6-15/h5-10,12,19,22,26H,3-4,11,13-14H2,1-2H3,(H,27,30). The number of nitrogens with one attached hydrogen (secondary N) is 2. The third-order valence-corrected chi connectivity index (χ3v) is 6.34. The molecule has 2 heterocycles. The van der Waals surface area contributed by atoms with Gasteiger partial charge >= 0.3 is 6.03 Å². The average Bonchev–Trinajstić information content (AvgIpc) is 2.85. The van der Waals surface area contributed by atoms with Crippen LogP contribution in [0.2, 0.25) is 5.02 Å². The summed E-state index contributed by atoms with van der Waals surface area (Å²) in [6.07, 6.45) is 1.44. The second kappa shape index (κ2) is 10.3. The number of amides is 4. The lowest BCUT2D eigenvalue weighted by Crippen LogP contribution is -2.70. The number of methoxy groups -OCH3 is 2. The van der Waals surface area contributed by atoms with Crippen molar-refractivity contribution in [2.45, 2.75) is 31.5 Å². The van der Waals surface area contributed by atoms with E-state index in [9.17, 15) is 14.4 Å². The van der Waals surface area contributed by atoms with Gasteiger partial charge in [0, 0.05) is 11.1 Å². The number of imide groups is 1. The summed E-state index contributed by atoms with van der Waals surface area (Å²) in [6.45, 7) is 0.574. The SMILES string of the molecule is COc1ccc(OC)c(NC(=O)CN2C(=O)N(Cc3ccc(Cl)cc3)C(=O)C3NCCCC32)c1. The Kier molecular flexibility index (Phi) is 7.23. The maximum Gasteiger partial charge on any atom is 0.327 e. The van der Waals surface area contributed by atoms with Gasteiger partial charge in [-0.3, -0.25) is 14.5 Å². The number of hydrogen-bond donors (Lipinski definition) is 2. The Morgan fingerprint density at radius 2 is 1.91 bits per heavy atom. The summed E-state index contributed by atoms with van der Waals surface area (Å²) in [4.78, 5) is 42.3. The Balaban J connectivity index is 1.55. The quantitative estimate of drug-likeness (QED) is 0.624. The van der Waals surface area contributed by atoms with Crippen LogP contribution >= 0.6 is 11.6 Å². The van der Waals surface area contributed by atoms with Crippen LogP contribution in [0, 0.1) is 0 Å². The van der Waals surface area contributed by atoms with Gasteiger partial charge in [-0.25, -0.2) is 4.79 Å². The number of halogens is 1. The molecule has 4 rings (SSSR count). The summed E-state index contributed by atoms with van der Waals surface area (Å²) in [5, 5.41) is 6.60. The number of hydrogen-bond acceptors (Lipinski definition) is 6. The van der Waals surface area contributed by atoms with Crippen molar-refractivity contribution in [2.24, 2.45) is 0 Å². The minimum Gasteiger partial charge on any atom is -0.497 e. The van der Waals surface area contributed by atoms with E-state index in [0.717, 1.165) is 12.0 Å². The van der Waals surface area contributed by atoms with Gasteiger partial charge < -0.3 is 25.0 Å². The predicted molar refractivity (Wildman–Crippen MR) is 127 cm³/mol. The molecule has 9 nitrogen and oxygen atoms in total. The summed E-state index contributed by atoms with van der Waals surface area (Å²) < 4.78 is 10.6. The van der Waals surface area contributed by atoms with Crippen LogP contribution in [0.25, 0.3) is 0 Å². The molecule has 0 radical (unpaired) electrons. The molecule has 2 aliphatic rings. The summed E-state index contributed by atoms with van der Waals surface area (Å²) >= 11 is 5.96. The van der Waals surface area contributed by atoms with Crippen LogP contribution < -0.4 is 20.1 Å². The molecule has 2 N–H and O–H groups in total. The molecule has 0 bridgehead atoms. The molecule has 0 saturated carbocycles. The van der Waals surface area contributed by atoms with E-state index in [0.29, 0.717) is 35.2 Å². The maximum absolute atomic E-state index is 13.4. The molecule has 0 spiro atoms. The highest BCUT2D eigenvalue weighted by Crippen LogP contribution is 2.30. The summed E-state index contributed by atoms with van der Waals surface area (Å²) in [5.74, 6) is 0.345. The van der Waals surface area contributed by atoms with E-state index < -0.39 is 24.0 Å². The van der Waals surface area contributed by atoms with Gasteiger partial charge in [-0.05, 0) is 49.2 Å². The molecule has 2 atom stereocenters. The Morgan fingerprint density at radius 3 is 2.62 bits per heavy atom. The lowest BCUT2D eigenvalue weighted by molar-refractivity contribution is -0.138. The number of benzene rings is 2. The molecule has 4 amide bonds. The monoisotopic (exact) mass is 486 g/mol. The smallest absolute Gasteiger partial charge is 0.327 e. The second-order valence-electron chi connectivity index (χ2n) is 8.22. The van der Waals surface area contributed by atoms with E-state index in [1.54, 1.807) is 42.5 Å². The van der Waals surface area contributed by atoms with Crippen LogP contribution in [0.15, 0.2) is 42.5 Å². The number of carbonyl (C=O) groups is 3. The minimum atomic E-state index is -0.557. The highest BCUT2D eigenvalue weighted by atomic mass is 35.5. The molecule has 2 aliphatic heterocycles. The van der Waals surface area contributed by atoms with Crippen molar-refractivity contribution in [1.82, 2.24) is 15.1 Å². The van der Waals surface area contributed by atoms with Crippen molar-refractivity contribution in [3.63, 3.8) is 0 Å². The number of piperidine rings is 1. The van der Waals surface area contributed by atoms with Gasteiger partial charge in [-0.2, -0.15) is 0 Å². The van der Waals surface area contributed by atoms with Crippen molar-refractivity contribution in [3.05, 3.63) is 53.1 Å². The first-order valence-corrected chi connectivity index (χ1v) is 11.4. The first-order valence-electron chi connectivity index (χ1n) is 11.0. The zero-order chi connectivity index (χ0) is 24.2. The molecule has 2 aromatic rings. The molecule has 10 heteroatoms. The molecular weight excluding hydrogens is 460 g/mol. The van der Waals surface area contributed by atoms with Gasteiger partial charge in [-0.1, -0.05) is 23.7 Å². The normalized spacial score (nSPS) is 20.1. The summed E-state index contributed by atoms with van der Waals surface area (Å²) in [6, 6.07) is 10.6. The van der Waals surface area contributed by atoms with Crippen LogP contribution in [0.5, 0.6) is 11.5 Å². The zero-order valence-corrected chi connectivity index (χ0v) is 19.8. The molecule has 180 valence electrons. The van der Waals surface area contributed by atoms with Crippen molar-refractivity contribution in [2.75, 3.05) is 32.6 Å². The summed E-state index contributed by atoms with van der Waals surface area (Å²) in [7, 11) is 3.03. The lowest BCUT2D eigenvalue weighted by atomic mass is 9.93. The van der Waals surface area contributed by atoms with E-state index in [1.807, 2.05) is 0 Å². The molecular formula is C24H27ClN4O5. The number of carbonyl (C=O) groups excluding carboxylic acids is 3. The lowest BCUT2D eigenvalue weighted by Gasteiger charge is -2.46. The molecule has 2 saturated heterocycles. The Hall–Kier alpha value is -3.30. The molecule has 2 unspecified atom stereocenters. The van der Waals surface area contributed by atoms with Crippen molar-refractivity contribution < 1.29 is 23.9 Å². The molecule has 2 fully saturated rings. The van der Waals surface area contributed by atoms with Crippen LogP contribution in [0.4, 0.5) is 10.5 Å². The second-order valence-corrected chi connectivity index (χ2v) is 8.65. The molecule has 34 heavy (non-hydrogen) atoms. The third kappa shape index (κ3) is 4.95. The van der Waals surface area contributed by atoms with E-state index in [4.69, 9.17) is 21.1 Å². The number of anilines is 1. The predicted octanol–water partition coefficient (Wildman–Crippen LogP) is 2.88. The van der Waals surface area contributed by atoms with Crippen LogP contribution in [0.1, 0.15) is 18.4 Å². The maximum atomic E-state index is 13.4. The van der Waals surface area contributed by atoms with E-state index in [-0.39, 0.29) is 19.0 Å². The van der Waals surface area contributed by atoms with E-state index >= 15 is 0 Å². The van der Waals surface area contributed by atoms with Gasteiger partial charge in [0.1, 0.15) is 24.1 Å². The highest BCUT2D eigenvalue weighted by molar-refractivity contribution is 6.30. The Morgan fingerprint density at radius 1 is 1.15 bits per heavy atom. The number of fused-ring (bicyclic) bond motifs is 1. The van der Waals surface area contributed by atoms with Gasteiger partial charge in [-0.15, -0.1) is 0 Å². The van der Waals surface area contributed by atoms with Gasteiger partial charge in [0.25, 0.3) is 0 Å². The largest absolute Gasteiger partial charge is 0.497 e. The van der Waals surface area contributed by atoms with Crippen LogP contribution in [0.3, 0.4) is 0 Å². The molecule has 0 aromatic heterocycles. The number of rotatable bonds is 7. The number of urea groups is 1. The Bertz CT molecular complexity index is 1080. The van der Waals surface area contributed by atoms with Gasteiger partial charge in [0.2, 0.25) is 11.8 Å². The molecule has 0 aliphatic carbocycles. The number of nitrogens with zero attached hydrogens (tertiary/aromatic N) is 2. The first kappa shape index (κ1) is 23.8. The van der Waals surface area contributed by atoms with Gasteiger partial charge in [0.05, 0.1) is 32.5 Å². The van der Waals surface area contributed by atoms with E-state index in [2.05, 4.69) is 10.6 Å². The van der Waals surface area contributed by atoms with Crippen molar-refractivity contribution in [3.8, 4) is 11.5 Å². The van der Waals surface area contributed by atoms with Gasteiger partial charge in [0.15, 0.2) is 0 Å². The fourth-order valence-corrected chi connectivity index (χ4v) is 4.50. The fraction of sp³-hybridized carbons (Fsp3) is 0.375. The average molecular weight is 487 g/mol. The van der Waals surface area contributed by atoms with E-state index in [1.165, 1.54) is 24.0 Å². The minimum absolute atomic E-state index is 0.0988.